The van der Waals surface area contributed by atoms with E-state index in [0.29, 0.717) is 16.3 Å². The third kappa shape index (κ3) is 3.04. The number of thioether (sulfide) groups is 1. The van der Waals surface area contributed by atoms with Gasteiger partial charge in [0.25, 0.3) is 0 Å². The van der Waals surface area contributed by atoms with E-state index in [0.717, 1.165) is 35.0 Å². The van der Waals surface area contributed by atoms with Crippen molar-refractivity contribution in [3.63, 3.8) is 0 Å². The molecule has 1 aliphatic carbocycles. The molecule has 2 aromatic rings. The SMILES string of the molecule is N#Cc1cc2c(nc1SC1CC(=O)N(c3ccc(Br)cc3)C1=O)CCC2. The number of aromatic nitrogens is 1. The summed E-state index contributed by atoms with van der Waals surface area (Å²) in [5, 5.41) is 9.43. The third-order valence-electron chi connectivity index (χ3n) is 4.58. The standard InChI is InChI=1S/C19H14BrN3O2S/c20-13-4-6-14(7-5-13)23-17(24)9-16(19(23)25)26-18-12(10-21)8-11-2-1-3-15(11)22-18/h4-8,16H,1-3,9H2. The number of fused-ring (bicyclic) bond motifs is 1. The Bertz CT molecular complexity index is 952. The minimum absolute atomic E-state index is 0.114. The van der Waals surface area contributed by atoms with Gasteiger partial charge in [0.05, 0.1) is 16.5 Å². The summed E-state index contributed by atoms with van der Waals surface area (Å²) < 4.78 is 0.882. The number of aryl methyl sites for hydroxylation is 2. The predicted molar refractivity (Wildman–Crippen MR) is 102 cm³/mol. The number of anilines is 1. The van der Waals surface area contributed by atoms with E-state index in [-0.39, 0.29) is 18.2 Å². The maximum absolute atomic E-state index is 12.8. The molecule has 1 fully saturated rings. The molecule has 7 heteroatoms. The van der Waals surface area contributed by atoms with Crippen LogP contribution in [0.4, 0.5) is 5.69 Å². The fraction of sp³-hybridized carbons (Fsp3) is 0.263. The number of carbonyl (C=O) groups excluding carboxylic acids is 2. The molecule has 5 nitrogen and oxygen atoms in total. The molecule has 4 rings (SSSR count). The summed E-state index contributed by atoms with van der Waals surface area (Å²) in [5.41, 5.74) is 3.18. The van der Waals surface area contributed by atoms with Crippen LogP contribution >= 0.6 is 27.7 Å². The third-order valence-corrected chi connectivity index (χ3v) is 6.30. The maximum Gasteiger partial charge on any atom is 0.247 e. The number of imide groups is 1. The fourth-order valence-electron chi connectivity index (χ4n) is 3.32. The van der Waals surface area contributed by atoms with Gasteiger partial charge in [-0.1, -0.05) is 27.7 Å². The quantitative estimate of drug-likeness (QED) is 0.699. The van der Waals surface area contributed by atoms with Crippen LogP contribution in [0.1, 0.15) is 29.7 Å². The number of nitriles is 1. The van der Waals surface area contributed by atoms with Gasteiger partial charge in [0.1, 0.15) is 11.1 Å². The Hall–Kier alpha value is -2.17. The van der Waals surface area contributed by atoms with Gasteiger partial charge in [0, 0.05) is 16.6 Å². The van der Waals surface area contributed by atoms with E-state index in [1.165, 1.54) is 16.7 Å². The Morgan fingerprint density at radius 3 is 2.73 bits per heavy atom. The van der Waals surface area contributed by atoms with Crippen LogP contribution in [-0.2, 0) is 22.4 Å². The number of hydrogen-bond acceptors (Lipinski definition) is 5. The fourth-order valence-corrected chi connectivity index (χ4v) is 4.68. The minimum Gasteiger partial charge on any atom is -0.274 e. The number of hydrogen-bond donors (Lipinski definition) is 0. The monoisotopic (exact) mass is 427 g/mol. The largest absolute Gasteiger partial charge is 0.274 e. The van der Waals surface area contributed by atoms with Gasteiger partial charge in [-0.05, 0) is 55.2 Å². The van der Waals surface area contributed by atoms with E-state index in [4.69, 9.17) is 0 Å². The predicted octanol–water partition coefficient (Wildman–Crippen LogP) is 3.63. The molecule has 26 heavy (non-hydrogen) atoms. The van der Waals surface area contributed by atoms with E-state index in [2.05, 4.69) is 27.0 Å². The second-order valence-corrected chi connectivity index (χ2v) is 8.37. The highest BCUT2D eigenvalue weighted by atomic mass is 79.9. The van der Waals surface area contributed by atoms with Crippen molar-refractivity contribution >= 4 is 45.2 Å². The first-order valence-electron chi connectivity index (χ1n) is 8.28. The number of halogens is 1. The highest BCUT2D eigenvalue weighted by molar-refractivity contribution is 9.10. The zero-order chi connectivity index (χ0) is 18.3. The molecule has 1 aromatic heterocycles. The second kappa shape index (κ2) is 6.86. The number of pyridine rings is 1. The molecular formula is C19H14BrN3O2S. The molecule has 2 amide bonds. The molecule has 0 N–H and O–H groups in total. The van der Waals surface area contributed by atoms with Crippen LogP contribution in [0.3, 0.4) is 0 Å². The lowest BCUT2D eigenvalue weighted by Crippen LogP contribution is -2.31. The van der Waals surface area contributed by atoms with Crippen molar-refractivity contribution in [3.8, 4) is 6.07 Å². The molecular weight excluding hydrogens is 414 g/mol. The van der Waals surface area contributed by atoms with Crippen LogP contribution in [0.15, 0.2) is 39.8 Å². The number of benzene rings is 1. The summed E-state index contributed by atoms with van der Waals surface area (Å²) in [6, 6.07) is 11.1. The number of nitrogens with zero attached hydrogens (tertiary/aromatic N) is 3. The Morgan fingerprint density at radius 2 is 2.00 bits per heavy atom. The van der Waals surface area contributed by atoms with Crippen molar-refractivity contribution in [2.75, 3.05) is 4.90 Å². The smallest absolute Gasteiger partial charge is 0.247 e. The molecule has 1 aromatic carbocycles. The average molecular weight is 428 g/mol. The molecule has 0 radical (unpaired) electrons. The van der Waals surface area contributed by atoms with Gasteiger partial charge < -0.3 is 0 Å². The van der Waals surface area contributed by atoms with Gasteiger partial charge in [-0.25, -0.2) is 9.88 Å². The van der Waals surface area contributed by atoms with Gasteiger partial charge >= 0.3 is 0 Å². The topological polar surface area (TPSA) is 74.1 Å². The van der Waals surface area contributed by atoms with Crippen LogP contribution in [0.2, 0.25) is 0 Å². The second-order valence-electron chi connectivity index (χ2n) is 6.27. The van der Waals surface area contributed by atoms with Gasteiger partial charge in [-0.2, -0.15) is 5.26 Å². The molecule has 1 atom stereocenters. The summed E-state index contributed by atoms with van der Waals surface area (Å²) in [4.78, 5) is 31.0. The van der Waals surface area contributed by atoms with E-state index in [9.17, 15) is 14.9 Å². The van der Waals surface area contributed by atoms with E-state index in [1.54, 1.807) is 24.3 Å². The Balaban J connectivity index is 1.60. The van der Waals surface area contributed by atoms with Crippen LogP contribution in [0.25, 0.3) is 0 Å². The van der Waals surface area contributed by atoms with Crippen molar-refractivity contribution in [1.29, 1.82) is 5.26 Å². The first-order valence-corrected chi connectivity index (χ1v) is 9.96. The molecule has 130 valence electrons. The molecule has 1 saturated heterocycles. The summed E-state index contributed by atoms with van der Waals surface area (Å²) >= 11 is 4.58. The highest BCUT2D eigenvalue weighted by Gasteiger charge is 2.40. The van der Waals surface area contributed by atoms with Gasteiger partial charge in [0.2, 0.25) is 11.8 Å². The normalized spacial score (nSPS) is 18.9. The highest BCUT2D eigenvalue weighted by Crippen LogP contribution is 2.36. The lowest BCUT2D eigenvalue weighted by atomic mass is 10.2. The van der Waals surface area contributed by atoms with Crippen molar-refractivity contribution in [2.24, 2.45) is 0 Å². The summed E-state index contributed by atoms with van der Waals surface area (Å²) in [6.45, 7) is 0. The maximum atomic E-state index is 12.8. The Labute approximate surface area is 163 Å². The van der Waals surface area contributed by atoms with Crippen molar-refractivity contribution in [2.45, 2.75) is 36.0 Å². The van der Waals surface area contributed by atoms with Crippen LogP contribution in [0.5, 0.6) is 0 Å². The van der Waals surface area contributed by atoms with E-state index in [1.807, 2.05) is 6.07 Å². The van der Waals surface area contributed by atoms with Gasteiger partial charge in [0.15, 0.2) is 0 Å². The minimum atomic E-state index is -0.551. The number of carbonyl (C=O) groups is 2. The molecule has 0 saturated carbocycles. The first kappa shape index (κ1) is 17.3. The van der Waals surface area contributed by atoms with Crippen molar-refractivity contribution in [3.05, 3.63) is 51.6 Å². The molecule has 0 spiro atoms. The summed E-state index contributed by atoms with van der Waals surface area (Å²) in [5.74, 6) is -0.483. The zero-order valence-electron chi connectivity index (χ0n) is 13.7. The molecule has 2 heterocycles. The van der Waals surface area contributed by atoms with Gasteiger partial charge in [-0.3, -0.25) is 9.59 Å². The van der Waals surface area contributed by atoms with Crippen LogP contribution < -0.4 is 4.90 Å². The van der Waals surface area contributed by atoms with E-state index < -0.39 is 5.25 Å². The average Bonchev–Trinajstić information content (AvgIpc) is 3.19. The molecule has 2 aliphatic rings. The Kier molecular flexibility index (Phi) is 4.55. The van der Waals surface area contributed by atoms with Crippen molar-refractivity contribution in [1.82, 2.24) is 4.98 Å². The Morgan fingerprint density at radius 1 is 1.23 bits per heavy atom. The lowest BCUT2D eigenvalue weighted by Gasteiger charge is -2.15. The van der Waals surface area contributed by atoms with Gasteiger partial charge in [-0.15, -0.1) is 0 Å². The van der Waals surface area contributed by atoms with E-state index >= 15 is 0 Å². The number of rotatable bonds is 3. The van der Waals surface area contributed by atoms with Crippen LogP contribution in [-0.4, -0.2) is 22.0 Å². The zero-order valence-corrected chi connectivity index (χ0v) is 16.1. The van der Waals surface area contributed by atoms with Crippen LogP contribution in [0, 0.1) is 11.3 Å². The summed E-state index contributed by atoms with van der Waals surface area (Å²) in [7, 11) is 0. The molecule has 0 bridgehead atoms. The van der Waals surface area contributed by atoms with Crippen molar-refractivity contribution < 1.29 is 9.59 Å². The lowest BCUT2D eigenvalue weighted by molar-refractivity contribution is -0.121. The molecule has 1 unspecified atom stereocenters. The summed E-state index contributed by atoms with van der Waals surface area (Å²) in [6.07, 6.45) is 3.00. The molecule has 1 aliphatic heterocycles. The number of amides is 2. The first-order chi connectivity index (χ1) is 12.6.